The summed E-state index contributed by atoms with van der Waals surface area (Å²) < 4.78 is 0. The quantitative estimate of drug-likeness (QED) is 0.879. The lowest BCUT2D eigenvalue weighted by Crippen LogP contribution is -2.39. The third-order valence-corrected chi connectivity index (χ3v) is 4.86. The molecule has 1 fully saturated rings. The Bertz CT molecular complexity index is 655. The van der Waals surface area contributed by atoms with Crippen LogP contribution in [0.4, 0.5) is 5.69 Å². The molecule has 0 spiro atoms. The van der Waals surface area contributed by atoms with Crippen molar-refractivity contribution in [3.63, 3.8) is 0 Å². The molecule has 26 heavy (non-hydrogen) atoms. The van der Waals surface area contributed by atoms with E-state index in [0.717, 1.165) is 19.3 Å². The Hall–Kier alpha value is -2.37. The largest absolute Gasteiger partial charge is 0.341 e. The van der Waals surface area contributed by atoms with Crippen LogP contribution in [-0.2, 0) is 9.59 Å². The number of amides is 3. The highest BCUT2D eigenvalue weighted by Crippen LogP contribution is 2.17. The van der Waals surface area contributed by atoms with Crippen molar-refractivity contribution in [3.8, 4) is 0 Å². The third kappa shape index (κ3) is 5.07. The molecule has 142 valence electrons. The molecule has 0 atom stereocenters. The summed E-state index contributed by atoms with van der Waals surface area (Å²) in [6.07, 6.45) is 2.48. The first-order valence-electron chi connectivity index (χ1n) is 9.42. The van der Waals surface area contributed by atoms with Crippen molar-refractivity contribution in [1.82, 2.24) is 9.80 Å². The molecule has 6 heteroatoms. The SMILES string of the molecule is CCC(CC)C(=O)N1CCCN(C(=O)c2cccc(NC(C)=O)c2)CC1. The zero-order valence-corrected chi connectivity index (χ0v) is 16.0. The van der Waals surface area contributed by atoms with Gasteiger partial charge in [-0.15, -0.1) is 0 Å². The van der Waals surface area contributed by atoms with Crippen molar-refractivity contribution >= 4 is 23.4 Å². The normalized spacial score (nSPS) is 14.9. The van der Waals surface area contributed by atoms with Gasteiger partial charge in [0.05, 0.1) is 0 Å². The van der Waals surface area contributed by atoms with E-state index in [0.29, 0.717) is 37.4 Å². The molecule has 3 amide bonds. The fourth-order valence-corrected chi connectivity index (χ4v) is 3.35. The van der Waals surface area contributed by atoms with Gasteiger partial charge in [0.15, 0.2) is 0 Å². The molecular formula is C20H29N3O3. The minimum Gasteiger partial charge on any atom is -0.341 e. The average molecular weight is 359 g/mol. The molecule has 0 saturated carbocycles. The van der Waals surface area contributed by atoms with E-state index in [1.54, 1.807) is 29.2 Å². The molecule has 6 nitrogen and oxygen atoms in total. The topological polar surface area (TPSA) is 69.7 Å². The van der Waals surface area contributed by atoms with Crippen molar-refractivity contribution in [3.05, 3.63) is 29.8 Å². The molecule has 1 saturated heterocycles. The van der Waals surface area contributed by atoms with Crippen molar-refractivity contribution in [1.29, 1.82) is 0 Å². The van der Waals surface area contributed by atoms with Crippen LogP contribution in [0.1, 0.15) is 50.4 Å². The second-order valence-corrected chi connectivity index (χ2v) is 6.75. The van der Waals surface area contributed by atoms with Gasteiger partial charge < -0.3 is 15.1 Å². The molecule has 0 bridgehead atoms. The summed E-state index contributed by atoms with van der Waals surface area (Å²) in [5, 5.41) is 2.70. The van der Waals surface area contributed by atoms with Gasteiger partial charge in [-0.2, -0.15) is 0 Å². The molecule has 1 aliphatic rings. The smallest absolute Gasteiger partial charge is 0.253 e. The van der Waals surface area contributed by atoms with Crippen LogP contribution in [0.25, 0.3) is 0 Å². The van der Waals surface area contributed by atoms with E-state index in [-0.39, 0.29) is 23.6 Å². The van der Waals surface area contributed by atoms with E-state index in [2.05, 4.69) is 5.32 Å². The lowest BCUT2D eigenvalue weighted by molar-refractivity contribution is -0.135. The lowest BCUT2D eigenvalue weighted by Gasteiger charge is -2.25. The molecular weight excluding hydrogens is 330 g/mol. The first-order chi connectivity index (χ1) is 12.5. The molecule has 0 aliphatic carbocycles. The van der Waals surface area contributed by atoms with Gasteiger partial charge in [-0.25, -0.2) is 0 Å². The second-order valence-electron chi connectivity index (χ2n) is 6.75. The lowest BCUT2D eigenvalue weighted by atomic mass is 10.0. The molecule has 2 rings (SSSR count). The van der Waals surface area contributed by atoms with E-state index in [1.165, 1.54) is 6.92 Å². The number of anilines is 1. The number of carbonyl (C=O) groups excluding carboxylic acids is 3. The monoisotopic (exact) mass is 359 g/mol. The van der Waals surface area contributed by atoms with Crippen LogP contribution < -0.4 is 5.32 Å². The molecule has 0 aromatic heterocycles. The first-order valence-corrected chi connectivity index (χ1v) is 9.42. The summed E-state index contributed by atoms with van der Waals surface area (Å²) in [6, 6.07) is 6.98. The second kappa shape index (κ2) is 9.36. The van der Waals surface area contributed by atoms with Crippen LogP contribution in [0.5, 0.6) is 0 Å². The number of carbonyl (C=O) groups is 3. The Labute approximate surface area is 155 Å². The van der Waals surface area contributed by atoms with E-state index >= 15 is 0 Å². The summed E-state index contributed by atoms with van der Waals surface area (Å²) in [5.41, 5.74) is 1.17. The van der Waals surface area contributed by atoms with E-state index in [4.69, 9.17) is 0 Å². The number of benzene rings is 1. The highest BCUT2D eigenvalue weighted by Gasteiger charge is 2.26. The van der Waals surface area contributed by atoms with Gasteiger partial charge in [-0.05, 0) is 37.5 Å². The molecule has 1 N–H and O–H groups in total. The van der Waals surface area contributed by atoms with E-state index in [9.17, 15) is 14.4 Å². The van der Waals surface area contributed by atoms with Crippen LogP contribution in [0.2, 0.25) is 0 Å². The van der Waals surface area contributed by atoms with Crippen LogP contribution in [-0.4, -0.2) is 53.7 Å². The molecule has 0 unspecified atom stereocenters. The summed E-state index contributed by atoms with van der Waals surface area (Å²) in [5.74, 6) is 0.0532. The Balaban J connectivity index is 2.03. The van der Waals surface area contributed by atoms with Crippen molar-refractivity contribution in [2.75, 3.05) is 31.5 Å². The van der Waals surface area contributed by atoms with Gasteiger partial charge in [0.1, 0.15) is 0 Å². The molecule has 1 aliphatic heterocycles. The average Bonchev–Trinajstić information content (AvgIpc) is 2.88. The summed E-state index contributed by atoms with van der Waals surface area (Å²) in [4.78, 5) is 40.3. The van der Waals surface area contributed by atoms with Gasteiger partial charge in [-0.3, -0.25) is 14.4 Å². The number of nitrogens with zero attached hydrogens (tertiary/aromatic N) is 2. The van der Waals surface area contributed by atoms with Gasteiger partial charge in [0.25, 0.3) is 5.91 Å². The number of hydrogen-bond acceptors (Lipinski definition) is 3. The Morgan fingerprint density at radius 1 is 1.04 bits per heavy atom. The third-order valence-electron chi connectivity index (χ3n) is 4.86. The summed E-state index contributed by atoms with van der Waals surface area (Å²) in [7, 11) is 0. The van der Waals surface area contributed by atoms with Crippen molar-refractivity contribution in [2.24, 2.45) is 5.92 Å². The van der Waals surface area contributed by atoms with Crippen LogP contribution in [0.3, 0.4) is 0 Å². The van der Waals surface area contributed by atoms with E-state index in [1.807, 2.05) is 18.7 Å². The predicted molar refractivity (Wildman–Crippen MR) is 102 cm³/mol. The first kappa shape index (κ1) is 19.9. The maximum absolute atomic E-state index is 12.8. The molecule has 1 heterocycles. The number of rotatable bonds is 5. The molecule has 1 aromatic carbocycles. The fraction of sp³-hybridized carbons (Fsp3) is 0.550. The van der Waals surface area contributed by atoms with E-state index < -0.39 is 0 Å². The standard InChI is InChI=1S/C20H29N3O3/c1-4-16(5-2)19(25)22-10-7-11-23(13-12-22)20(26)17-8-6-9-18(14-17)21-15(3)24/h6,8-9,14,16H,4-5,7,10-13H2,1-3H3,(H,21,24). The highest BCUT2D eigenvalue weighted by molar-refractivity contribution is 5.96. The molecule has 1 aromatic rings. The molecule has 0 radical (unpaired) electrons. The minimum absolute atomic E-state index is 0.0611. The Morgan fingerprint density at radius 2 is 1.69 bits per heavy atom. The predicted octanol–water partition coefficient (Wildman–Crippen LogP) is 2.76. The highest BCUT2D eigenvalue weighted by atomic mass is 16.2. The maximum Gasteiger partial charge on any atom is 0.253 e. The maximum atomic E-state index is 12.8. The zero-order valence-electron chi connectivity index (χ0n) is 16.0. The fourth-order valence-electron chi connectivity index (χ4n) is 3.35. The number of hydrogen-bond donors (Lipinski definition) is 1. The Morgan fingerprint density at radius 3 is 2.35 bits per heavy atom. The summed E-state index contributed by atoms with van der Waals surface area (Å²) >= 11 is 0. The minimum atomic E-state index is -0.167. The zero-order chi connectivity index (χ0) is 19.1. The summed E-state index contributed by atoms with van der Waals surface area (Å²) in [6.45, 7) is 7.97. The van der Waals surface area contributed by atoms with Gasteiger partial charge >= 0.3 is 0 Å². The number of nitrogens with one attached hydrogen (secondary N) is 1. The van der Waals surface area contributed by atoms with Gasteiger partial charge in [-0.1, -0.05) is 19.9 Å². The van der Waals surface area contributed by atoms with Crippen molar-refractivity contribution < 1.29 is 14.4 Å². The van der Waals surface area contributed by atoms with Gasteiger partial charge in [0, 0.05) is 50.3 Å². The van der Waals surface area contributed by atoms with Crippen molar-refractivity contribution in [2.45, 2.75) is 40.0 Å². The van der Waals surface area contributed by atoms with Crippen LogP contribution >= 0.6 is 0 Å². The van der Waals surface area contributed by atoms with Crippen LogP contribution in [0.15, 0.2) is 24.3 Å². The Kier molecular flexibility index (Phi) is 7.18. The van der Waals surface area contributed by atoms with Gasteiger partial charge in [0.2, 0.25) is 11.8 Å². The van der Waals surface area contributed by atoms with Crippen LogP contribution in [0, 0.1) is 5.92 Å².